The van der Waals surface area contributed by atoms with Gasteiger partial charge in [0.05, 0.1) is 6.04 Å². The highest BCUT2D eigenvalue weighted by atomic mass is 35.5. The fourth-order valence-electron chi connectivity index (χ4n) is 8.01. The predicted octanol–water partition coefficient (Wildman–Crippen LogP) is 5.65. The summed E-state index contributed by atoms with van der Waals surface area (Å²) in [5, 5.41) is 13.7. The van der Waals surface area contributed by atoms with Gasteiger partial charge in [-0.15, -0.1) is 0 Å². The van der Waals surface area contributed by atoms with Gasteiger partial charge in [-0.05, 0) is 103 Å². The van der Waals surface area contributed by atoms with E-state index < -0.39 is 24.0 Å². The van der Waals surface area contributed by atoms with Crippen molar-refractivity contribution in [1.29, 1.82) is 0 Å². The number of hydrogen-bond acceptors (Lipinski definition) is 6. The fourth-order valence-corrected chi connectivity index (χ4v) is 8.13. The first-order chi connectivity index (χ1) is 26.4. The maximum atomic E-state index is 14.5. The number of aromatic hydroxyl groups is 1. The fraction of sp³-hybridized carbons (Fsp3) is 0.364. The minimum atomic E-state index is -0.940. The Morgan fingerprint density at radius 1 is 0.873 bits per heavy atom. The molecule has 10 nitrogen and oxygen atoms in total. The number of phenolic OH excluding ortho intramolecular Hbond substituents is 1. The molecule has 2 aliphatic rings. The molecule has 4 N–H and O–H groups in total. The van der Waals surface area contributed by atoms with Crippen LogP contribution >= 0.6 is 11.6 Å². The van der Waals surface area contributed by atoms with Gasteiger partial charge in [-0.1, -0.05) is 73.1 Å². The molecular formula is C44H50ClN5O5. The molecule has 0 aromatic heterocycles. The number of nitrogens with one attached hydrogen (secondary N) is 1. The topological polar surface area (TPSA) is 136 Å². The van der Waals surface area contributed by atoms with Gasteiger partial charge in [0.15, 0.2) is 0 Å². The third kappa shape index (κ3) is 9.20. The summed E-state index contributed by atoms with van der Waals surface area (Å²) in [4.78, 5) is 61.4. The third-order valence-electron chi connectivity index (χ3n) is 11.0. The van der Waals surface area contributed by atoms with E-state index in [1.54, 1.807) is 34.1 Å². The second-order valence-corrected chi connectivity index (χ2v) is 15.2. The van der Waals surface area contributed by atoms with Gasteiger partial charge in [0.1, 0.15) is 17.8 Å². The Morgan fingerprint density at radius 2 is 1.49 bits per heavy atom. The highest BCUT2D eigenvalue weighted by Gasteiger charge is 2.39. The van der Waals surface area contributed by atoms with Crippen molar-refractivity contribution < 1.29 is 24.3 Å². The number of carbonyl (C=O) groups excluding carboxylic acids is 4. The summed E-state index contributed by atoms with van der Waals surface area (Å²) in [7, 11) is 0. The molecule has 6 rings (SSSR count). The van der Waals surface area contributed by atoms with Gasteiger partial charge < -0.3 is 30.9 Å². The van der Waals surface area contributed by atoms with E-state index in [4.69, 9.17) is 17.3 Å². The monoisotopic (exact) mass is 763 g/mol. The molecule has 4 aromatic rings. The Bertz CT molecular complexity index is 1990. The Balaban J connectivity index is 1.23. The molecule has 1 saturated heterocycles. The molecule has 0 bridgehead atoms. The summed E-state index contributed by atoms with van der Waals surface area (Å²) in [6.45, 7) is 6.64. The molecule has 288 valence electrons. The number of amides is 4. The molecule has 1 fully saturated rings. The third-order valence-corrected chi connectivity index (χ3v) is 11.2. The number of halogens is 1. The number of carbonyl (C=O) groups is 4. The van der Waals surface area contributed by atoms with Crippen LogP contribution in [0.2, 0.25) is 5.02 Å². The first-order valence-electron chi connectivity index (χ1n) is 19.1. The molecule has 4 amide bonds. The highest BCUT2D eigenvalue weighted by molar-refractivity contribution is 6.30. The van der Waals surface area contributed by atoms with Crippen LogP contribution in [0.5, 0.6) is 5.75 Å². The Labute approximate surface area is 328 Å². The molecule has 2 aliphatic heterocycles. The molecule has 0 radical (unpaired) electrons. The summed E-state index contributed by atoms with van der Waals surface area (Å²) in [5.41, 5.74) is 12.7. The lowest BCUT2D eigenvalue weighted by Gasteiger charge is -2.40. The second-order valence-electron chi connectivity index (χ2n) is 14.7. The van der Waals surface area contributed by atoms with Crippen LogP contribution < -0.4 is 16.0 Å². The molecular weight excluding hydrogens is 714 g/mol. The highest BCUT2D eigenvalue weighted by Crippen LogP contribution is 2.28. The number of rotatable bonds is 11. The van der Waals surface area contributed by atoms with Gasteiger partial charge in [-0.3, -0.25) is 19.2 Å². The number of hydrogen-bond donors (Lipinski definition) is 3. The standard InChI is InChI=1S/C44H50ClN5O5/c1-4-41(52)50(34-12-6-5-7-13-34)35-18-20-48(21-19-35)44(55)39(24-30-14-16-33(45)17-15-30)47-42(53)40-25-31-10-8-9-11-32(31)27-49(40)43(54)38(46)26-37-28(2)22-36(51)23-29(37)3/h5-17,22-23,35,38-40,51H,4,18-21,24-27,46H2,1-3H3,(H,47,53)/t38-,39+,40+/m0/s1. The predicted molar refractivity (Wildman–Crippen MR) is 215 cm³/mol. The molecule has 3 atom stereocenters. The zero-order valence-electron chi connectivity index (χ0n) is 31.7. The smallest absolute Gasteiger partial charge is 0.245 e. The average molecular weight is 764 g/mol. The number of piperidine rings is 1. The number of nitrogens with zero attached hydrogens (tertiary/aromatic N) is 3. The summed E-state index contributed by atoms with van der Waals surface area (Å²) in [6, 6.07) is 25.0. The quantitative estimate of drug-likeness (QED) is 0.181. The van der Waals surface area contributed by atoms with Gasteiger partial charge in [0.2, 0.25) is 23.6 Å². The van der Waals surface area contributed by atoms with Gasteiger partial charge in [0, 0.05) is 55.6 Å². The van der Waals surface area contributed by atoms with Gasteiger partial charge in [-0.25, -0.2) is 0 Å². The number of fused-ring (bicyclic) bond motifs is 1. The zero-order valence-corrected chi connectivity index (χ0v) is 32.5. The van der Waals surface area contributed by atoms with E-state index in [-0.39, 0.29) is 55.3 Å². The Morgan fingerprint density at radius 3 is 2.13 bits per heavy atom. The SMILES string of the molecule is CCC(=O)N(c1ccccc1)C1CCN(C(=O)[C@@H](Cc2ccc(Cl)cc2)NC(=O)[C@H]2Cc3ccccc3CN2C(=O)[C@@H](N)Cc2c(C)cc(O)cc2C)CC1. The van der Waals surface area contributed by atoms with Crippen LogP contribution in [0.4, 0.5) is 5.69 Å². The molecule has 4 aromatic carbocycles. The maximum Gasteiger partial charge on any atom is 0.245 e. The number of phenols is 1. The Kier molecular flexibility index (Phi) is 12.6. The van der Waals surface area contributed by atoms with Crippen molar-refractivity contribution in [3.8, 4) is 5.75 Å². The average Bonchev–Trinajstić information content (AvgIpc) is 3.19. The van der Waals surface area contributed by atoms with E-state index in [9.17, 15) is 24.3 Å². The molecule has 0 saturated carbocycles. The number of nitrogens with two attached hydrogens (primary N) is 1. The van der Waals surface area contributed by atoms with Crippen molar-refractivity contribution in [2.45, 2.75) is 90.0 Å². The first-order valence-corrected chi connectivity index (χ1v) is 19.4. The van der Waals surface area contributed by atoms with Crippen LogP contribution in [0.15, 0.2) is 91.0 Å². The van der Waals surface area contributed by atoms with Crippen molar-refractivity contribution in [2.75, 3.05) is 18.0 Å². The minimum Gasteiger partial charge on any atom is -0.508 e. The van der Waals surface area contributed by atoms with E-state index in [1.807, 2.05) is 92.4 Å². The van der Waals surface area contributed by atoms with E-state index in [0.29, 0.717) is 37.4 Å². The van der Waals surface area contributed by atoms with Crippen LogP contribution in [0.25, 0.3) is 0 Å². The Hall–Kier alpha value is -5.19. The number of likely N-dealkylation sites (tertiary alicyclic amines) is 1. The molecule has 2 heterocycles. The van der Waals surface area contributed by atoms with E-state index in [1.165, 1.54) is 0 Å². The second kappa shape index (κ2) is 17.5. The molecule has 0 unspecified atom stereocenters. The van der Waals surface area contributed by atoms with Crippen molar-refractivity contribution in [1.82, 2.24) is 15.1 Å². The van der Waals surface area contributed by atoms with Crippen LogP contribution in [0, 0.1) is 13.8 Å². The maximum absolute atomic E-state index is 14.5. The molecule has 0 spiro atoms. The van der Waals surface area contributed by atoms with Crippen LogP contribution in [0.1, 0.15) is 59.6 Å². The van der Waals surface area contributed by atoms with E-state index in [0.717, 1.165) is 39.1 Å². The van der Waals surface area contributed by atoms with Crippen LogP contribution in [0.3, 0.4) is 0 Å². The van der Waals surface area contributed by atoms with Crippen molar-refractivity contribution in [3.63, 3.8) is 0 Å². The van der Waals surface area contributed by atoms with Gasteiger partial charge in [-0.2, -0.15) is 0 Å². The molecule has 11 heteroatoms. The number of para-hydroxylation sites is 1. The van der Waals surface area contributed by atoms with E-state index >= 15 is 0 Å². The normalized spacial score (nSPS) is 16.9. The number of benzene rings is 4. The number of anilines is 1. The van der Waals surface area contributed by atoms with Crippen molar-refractivity contribution >= 4 is 40.9 Å². The van der Waals surface area contributed by atoms with Crippen LogP contribution in [-0.2, 0) is 45.0 Å². The van der Waals surface area contributed by atoms with E-state index in [2.05, 4.69) is 5.32 Å². The number of aryl methyl sites for hydroxylation is 2. The van der Waals surface area contributed by atoms with Gasteiger partial charge in [0.25, 0.3) is 0 Å². The minimum absolute atomic E-state index is 0.0325. The lowest BCUT2D eigenvalue weighted by Crippen LogP contribution is -2.60. The molecule has 0 aliphatic carbocycles. The van der Waals surface area contributed by atoms with Crippen molar-refractivity contribution in [3.05, 3.63) is 129 Å². The largest absolute Gasteiger partial charge is 0.508 e. The van der Waals surface area contributed by atoms with Crippen molar-refractivity contribution in [2.24, 2.45) is 5.73 Å². The summed E-state index contributed by atoms with van der Waals surface area (Å²) in [5.74, 6) is -0.841. The summed E-state index contributed by atoms with van der Waals surface area (Å²) < 4.78 is 0. The summed E-state index contributed by atoms with van der Waals surface area (Å²) in [6.07, 6.45) is 2.28. The molecule has 55 heavy (non-hydrogen) atoms. The lowest BCUT2D eigenvalue weighted by atomic mass is 9.91. The van der Waals surface area contributed by atoms with Gasteiger partial charge >= 0.3 is 0 Å². The lowest BCUT2D eigenvalue weighted by molar-refractivity contribution is -0.144. The zero-order chi connectivity index (χ0) is 39.2. The summed E-state index contributed by atoms with van der Waals surface area (Å²) >= 11 is 6.19. The van der Waals surface area contributed by atoms with Crippen LogP contribution in [-0.4, -0.2) is 75.8 Å². The first kappa shape index (κ1) is 39.5.